The van der Waals surface area contributed by atoms with Gasteiger partial charge < -0.3 is 14.2 Å². The van der Waals surface area contributed by atoms with Gasteiger partial charge in [-0.15, -0.1) is 0 Å². The molecule has 0 spiro atoms. The van der Waals surface area contributed by atoms with Gasteiger partial charge in [-0.25, -0.2) is 8.42 Å². The van der Waals surface area contributed by atoms with Gasteiger partial charge in [0.2, 0.25) is 27.6 Å². The fraction of sp³-hybridized carbons (Fsp3) is 0.348. The molecule has 1 amide bonds. The summed E-state index contributed by atoms with van der Waals surface area (Å²) < 4.78 is 37.7. The Balaban J connectivity index is 1.33. The Morgan fingerprint density at radius 2 is 1.79 bits per heavy atom. The number of rotatable bonds is 7. The van der Waals surface area contributed by atoms with Crippen LogP contribution in [0.15, 0.2) is 64.0 Å². The molecule has 1 aliphatic rings. The summed E-state index contributed by atoms with van der Waals surface area (Å²) in [5.74, 6) is 1.11. The number of hydrogen-bond acceptors (Lipinski definition) is 7. The number of methoxy groups -OCH3 is 1. The molecule has 0 aliphatic carbocycles. The van der Waals surface area contributed by atoms with Gasteiger partial charge in [0.05, 0.1) is 18.6 Å². The van der Waals surface area contributed by atoms with Crippen molar-refractivity contribution >= 4 is 15.9 Å². The molecule has 174 valence electrons. The van der Waals surface area contributed by atoms with Crippen LogP contribution in [0.4, 0.5) is 0 Å². The van der Waals surface area contributed by atoms with Crippen molar-refractivity contribution < 1.29 is 22.5 Å². The van der Waals surface area contributed by atoms with Crippen LogP contribution >= 0.6 is 0 Å². The summed E-state index contributed by atoms with van der Waals surface area (Å²) in [4.78, 5) is 19.1. The zero-order chi connectivity index (χ0) is 23.4. The smallest absolute Gasteiger partial charge is 0.246 e. The van der Waals surface area contributed by atoms with Gasteiger partial charge in [0.25, 0.3) is 0 Å². The fourth-order valence-corrected chi connectivity index (χ4v) is 5.33. The van der Waals surface area contributed by atoms with Gasteiger partial charge in [0.15, 0.2) is 0 Å². The Labute approximate surface area is 193 Å². The zero-order valence-electron chi connectivity index (χ0n) is 18.5. The van der Waals surface area contributed by atoms with Crippen molar-refractivity contribution in [1.29, 1.82) is 0 Å². The van der Waals surface area contributed by atoms with Gasteiger partial charge in [0.1, 0.15) is 5.75 Å². The molecule has 0 N–H and O–H groups in total. The van der Waals surface area contributed by atoms with E-state index in [1.54, 1.807) is 24.1 Å². The topological polar surface area (TPSA) is 106 Å². The van der Waals surface area contributed by atoms with E-state index in [0.29, 0.717) is 30.3 Å². The van der Waals surface area contributed by atoms with Crippen LogP contribution in [-0.4, -0.2) is 60.9 Å². The Morgan fingerprint density at radius 1 is 1.12 bits per heavy atom. The molecule has 1 saturated heterocycles. The molecular formula is C23H26N4O5S. The molecule has 0 unspecified atom stereocenters. The molecule has 0 bridgehead atoms. The van der Waals surface area contributed by atoms with Crippen molar-refractivity contribution in [3.05, 3.63) is 60.5 Å². The van der Waals surface area contributed by atoms with Crippen LogP contribution in [0.2, 0.25) is 0 Å². The maximum Gasteiger partial charge on any atom is 0.246 e. The second kappa shape index (κ2) is 9.72. The highest BCUT2D eigenvalue weighted by molar-refractivity contribution is 7.89. The number of carbonyl (C=O) groups excluding carboxylic acids is 1. The van der Waals surface area contributed by atoms with Crippen LogP contribution in [-0.2, 0) is 21.4 Å². The molecule has 3 aromatic rings. The summed E-state index contributed by atoms with van der Waals surface area (Å²) in [6.07, 6.45) is 0.912. The SMILES string of the molecule is COc1ccc(S(=O)(=O)N2CCC(C(=O)N(C)Cc3nc(-c4ccccc4)no3)CC2)cc1. The van der Waals surface area contributed by atoms with Gasteiger partial charge >= 0.3 is 0 Å². The highest BCUT2D eigenvalue weighted by Crippen LogP contribution is 2.26. The number of piperidine rings is 1. The summed E-state index contributed by atoms with van der Waals surface area (Å²) in [6, 6.07) is 15.8. The minimum atomic E-state index is -3.61. The first-order chi connectivity index (χ1) is 15.9. The number of sulfonamides is 1. The van der Waals surface area contributed by atoms with Crippen LogP contribution < -0.4 is 4.74 Å². The summed E-state index contributed by atoms with van der Waals surface area (Å²) in [5, 5.41) is 3.98. The molecule has 4 rings (SSSR count). The molecule has 2 aromatic carbocycles. The van der Waals surface area contributed by atoms with E-state index >= 15 is 0 Å². The molecule has 1 aromatic heterocycles. The Hall–Kier alpha value is -3.24. The van der Waals surface area contributed by atoms with Crippen LogP contribution in [0.1, 0.15) is 18.7 Å². The maximum atomic E-state index is 12.9. The van der Waals surface area contributed by atoms with Crippen molar-refractivity contribution in [2.45, 2.75) is 24.3 Å². The van der Waals surface area contributed by atoms with E-state index in [9.17, 15) is 13.2 Å². The molecule has 0 atom stereocenters. The third kappa shape index (κ3) is 5.07. The Morgan fingerprint density at radius 3 is 2.42 bits per heavy atom. The Bertz CT molecular complexity index is 1190. The van der Waals surface area contributed by atoms with Crippen molar-refractivity contribution in [3.8, 4) is 17.1 Å². The molecule has 33 heavy (non-hydrogen) atoms. The van der Waals surface area contributed by atoms with Crippen molar-refractivity contribution in [2.75, 3.05) is 27.2 Å². The molecule has 9 nitrogen and oxygen atoms in total. The zero-order valence-corrected chi connectivity index (χ0v) is 19.4. The minimum Gasteiger partial charge on any atom is -0.497 e. The summed E-state index contributed by atoms with van der Waals surface area (Å²) in [6.45, 7) is 0.775. The van der Waals surface area contributed by atoms with Crippen molar-refractivity contribution in [1.82, 2.24) is 19.3 Å². The summed E-state index contributed by atoms with van der Waals surface area (Å²) in [7, 11) is -0.389. The van der Waals surface area contributed by atoms with Gasteiger partial charge in [-0.3, -0.25) is 4.79 Å². The first-order valence-electron chi connectivity index (χ1n) is 10.7. The number of nitrogens with zero attached hydrogens (tertiary/aromatic N) is 4. The monoisotopic (exact) mass is 470 g/mol. The number of carbonyl (C=O) groups is 1. The number of benzene rings is 2. The normalized spacial score (nSPS) is 15.3. The first-order valence-corrected chi connectivity index (χ1v) is 12.1. The van der Waals surface area contributed by atoms with E-state index in [-0.39, 0.29) is 36.4 Å². The number of ether oxygens (including phenoxy) is 1. The summed E-state index contributed by atoms with van der Waals surface area (Å²) in [5.41, 5.74) is 0.840. The van der Waals surface area contributed by atoms with Crippen LogP contribution in [0.5, 0.6) is 5.75 Å². The van der Waals surface area contributed by atoms with E-state index in [1.807, 2.05) is 30.3 Å². The van der Waals surface area contributed by atoms with E-state index in [2.05, 4.69) is 10.1 Å². The van der Waals surface area contributed by atoms with Gasteiger partial charge in [-0.05, 0) is 37.1 Å². The molecule has 1 aliphatic heterocycles. The van der Waals surface area contributed by atoms with Crippen LogP contribution in [0.3, 0.4) is 0 Å². The quantitative estimate of drug-likeness (QED) is 0.523. The first kappa shape index (κ1) is 22.9. The lowest BCUT2D eigenvalue weighted by atomic mass is 9.97. The molecule has 0 radical (unpaired) electrons. The van der Waals surface area contributed by atoms with E-state index < -0.39 is 10.0 Å². The third-order valence-corrected chi connectivity index (χ3v) is 7.66. The molecular weight excluding hydrogens is 444 g/mol. The standard InChI is InChI=1S/C23H26N4O5S/c1-26(16-21-24-22(25-32-21)17-6-4-3-5-7-17)23(28)18-12-14-27(15-13-18)33(29,30)20-10-8-19(31-2)9-11-20/h3-11,18H,12-16H2,1-2H3. The van der Waals surface area contributed by atoms with E-state index in [0.717, 1.165) is 5.56 Å². The Kier molecular flexibility index (Phi) is 6.75. The third-order valence-electron chi connectivity index (χ3n) is 5.75. The lowest BCUT2D eigenvalue weighted by molar-refractivity contribution is -0.136. The van der Waals surface area contributed by atoms with Gasteiger partial charge in [-0.1, -0.05) is 35.5 Å². The lowest BCUT2D eigenvalue weighted by Crippen LogP contribution is -2.43. The van der Waals surface area contributed by atoms with Crippen LogP contribution in [0.25, 0.3) is 11.4 Å². The van der Waals surface area contributed by atoms with E-state index in [4.69, 9.17) is 9.26 Å². The minimum absolute atomic E-state index is 0.0593. The maximum absolute atomic E-state index is 12.9. The van der Waals surface area contributed by atoms with Crippen molar-refractivity contribution in [3.63, 3.8) is 0 Å². The fourth-order valence-electron chi connectivity index (χ4n) is 3.86. The van der Waals surface area contributed by atoms with Gasteiger partial charge in [0, 0.05) is 31.6 Å². The second-order valence-corrected chi connectivity index (χ2v) is 9.86. The predicted molar refractivity (Wildman–Crippen MR) is 121 cm³/mol. The summed E-state index contributed by atoms with van der Waals surface area (Å²) >= 11 is 0. The lowest BCUT2D eigenvalue weighted by Gasteiger charge is -2.32. The average molecular weight is 471 g/mol. The van der Waals surface area contributed by atoms with Gasteiger partial charge in [-0.2, -0.15) is 9.29 Å². The largest absolute Gasteiger partial charge is 0.497 e. The van der Waals surface area contributed by atoms with E-state index in [1.165, 1.54) is 23.5 Å². The van der Waals surface area contributed by atoms with Crippen LogP contribution in [0, 0.1) is 5.92 Å². The molecule has 0 saturated carbocycles. The molecule has 1 fully saturated rings. The second-order valence-electron chi connectivity index (χ2n) is 7.93. The average Bonchev–Trinajstić information content (AvgIpc) is 3.32. The number of aromatic nitrogens is 2. The predicted octanol–water partition coefficient (Wildman–Crippen LogP) is 2.80. The highest BCUT2D eigenvalue weighted by Gasteiger charge is 2.33. The van der Waals surface area contributed by atoms with Crippen molar-refractivity contribution in [2.24, 2.45) is 5.92 Å². The molecule has 2 heterocycles. The number of amides is 1. The highest BCUT2D eigenvalue weighted by atomic mass is 32.2. The number of hydrogen-bond donors (Lipinski definition) is 0. The molecule has 10 heteroatoms.